The zero-order chi connectivity index (χ0) is 22.0. The highest BCUT2D eigenvalue weighted by atomic mass is 19.1. The summed E-state index contributed by atoms with van der Waals surface area (Å²) in [5, 5.41) is 12.4. The molecule has 0 radical (unpaired) electrons. The van der Waals surface area contributed by atoms with Gasteiger partial charge in [0.1, 0.15) is 23.0 Å². The Morgan fingerprint density at radius 2 is 1.83 bits per heavy atom. The number of hydrogen-bond donors (Lipinski definition) is 2. The quantitative estimate of drug-likeness (QED) is 0.745. The van der Waals surface area contributed by atoms with Gasteiger partial charge >= 0.3 is 0 Å². The van der Waals surface area contributed by atoms with Gasteiger partial charge in [0.2, 0.25) is 5.43 Å². The van der Waals surface area contributed by atoms with Gasteiger partial charge in [0.25, 0.3) is 11.8 Å². The molecular weight excluding hydrogens is 403 g/mol. The van der Waals surface area contributed by atoms with Crippen LogP contribution in [0.2, 0.25) is 0 Å². The summed E-state index contributed by atoms with van der Waals surface area (Å²) in [5.74, 6) is -5.82. The van der Waals surface area contributed by atoms with Gasteiger partial charge in [-0.1, -0.05) is 13.3 Å². The van der Waals surface area contributed by atoms with Crippen LogP contribution < -0.4 is 10.7 Å². The molecular formula is C20H20F3N3O4. The number of carbonyl (C=O) groups excluding carboxylic acids is 2. The molecule has 0 atom stereocenters. The lowest BCUT2D eigenvalue weighted by molar-refractivity contribution is 0.0693. The molecule has 1 aliphatic rings. The molecule has 160 valence electrons. The number of nitrogens with one attached hydrogen (secondary N) is 1. The normalized spacial score (nSPS) is 13.3. The molecule has 1 aliphatic heterocycles. The fourth-order valence-corrected chi connectivity index (χ4v) is 3.26. The Morgan fingerprint density at radius 3 is 2.47 bits per heavy atom. The maximum atomic E-state index is 13.7. The monoisotopic (exact) mass is 423 g/mol. The van der Waals surface area contributed by atoms with Crippen LogP contribution in [0.25, 0.3) is 0 Å². The van der Waals surface area contributed by atoms with E-state index in [4.69, 9.17) is 0 Å². The summed E-state index contributed by atoms with van der Waals surface area (Å²) in [6, 6.07) is 0.945. The first-order chi connectivity index (χ1) is 14.2. The van der Waals surface area contributed by atoms with E-state index < -0.39 is 58.1 Å². The molecule has 10 heteroatoms. The van der Waals surface area contributed by atoms with Crippen molar-refractivity contribution in [3.05, 3.63) is 62.8 Å². The summed E-state index contributed by atoms with van der Waals surface area (Å²) < 4.78 is 41.7. The highest BCUT2D eigenvalue weighted by Crippen LogP contribution is 2.21. The van der Waals surface area contributed by atoms with E-state index in [1.54, 1.807) is 0 Å². The Balaban J connectivity index is 1.85. The van der Waals surface area contributed by atoms with Crippen molar-refractivity contribution in [2.75, 3.05) is 13.1 Å². The largest absolute Gasteiger partial charge is 0.503 e. The smallest absolute Gasteiger partial charge is 0.274 e. The minimum atomic E-state index is -1.18. The number of unbranched alkanes of at least 4 members (excludes halogenated alkanes) is 1. The maximum absolute atomic E-state index is 13.7. The SMILES string of the molecule is CCCCN1CCn2cc(C(=O)NCc3c(F)cc(F)cc3F)c(=O)c(O)c2C1=O. The molecule has 7 nitrogen and oxygen atoms in total. The van der Waals surface area contributed by atoms with Crippen LogP contribution in [0.5, 0.6) is 5.75 Å². The van der Waals surface area contributed by atoms with Gasteiger partial charge in [-0.25, -0.2) is 13.2 Å². The van der Waals surface area contributed by atoms with E-state index in [0.29, 0.717) is 25.2 Å². The van der Waals surface area contributed by atoms with Gasteiger partial charge in [-0.15, -0.1) is 0 Å². The molecule has 1 aromatic heterocycles. The van der Waals surface area contributed by atoms with E-state index >= 15 is 0 Å². The number of aromatic nitrogens is 1. The van der Waals surface area contributed by atoms with E-state index in [1.807, 2.05) is 6.92 Å². The third-order valence-electron chi connectivity index (χ3n) is 4.91. The van der Waals surface area contributed by atoms with Crippen molar-refractivity contribution in [2.24, 2.45) is 0 Å². The minimum absolute atomic E-state index is 0.200. The Kier molecular flexibility index (Phi) is 6.14. The molecule has 0 bridgehead atoms. The number of fused-ring (bicyclic) bond motifs is 1. The second kappa shape index (κ2) is 8.60. The molecule has 0 spiro atoms. The number of nitrogens with zero attached hydrogens (tertiary/aromatic N) is 2. The van der Waals surface area contributed by atoms with Crippen LogP contribution in [0, 0.1) is 17.5 Å². The van der Waals surface area contributed by atoms with Crippen LogP contribution in [0.15, 0.2) is 23.1 Å². The second-order valence-electron chi connectivity index (χ2n) is 6.94. The first kappa shape index (κ1) is 21.4. The summed E-state index contributed by atoms with van der Waals surface area (Å²) in [4.78, 5) is 39.0. The Bertz CT molecular complexity index is 1040. The lowest BCUT2D eigenvalue weighted by Crippen LogP contribution is -2.43. The first-order valence-corrected chi connectivity index (χ1v) is 9.41. The molecule has 2 amide bonds. The summed E-state index contributed by atoms with van der Waals surface area (Å²) in [5.41, 5.74) is -2.32. The Labute approximate surface area is 169 Å². The third kappa shape index (κ3) is 4.03. The van der Waals surface area contributed by atoms with Gasteiger partial charge in [0.15, 0.2) is 11.4 Å². The number of pyridine rings is 1. The number of rotatable bonds is 6. The van der Waals surface area contributed by atoms with Gasteiger partial charge in [-0.2, -0.15) is 0 Å². The molecule has 30 heavy (non-hydrogen) atoms. The average molecular weight is 423 g/mol. The molecule has 0 aliphatic carbocycles. The Hall–Kier alpha value is -3.30. The van der Waals surface area contributed by atoms with Gasteiger partial charge < -0.3 is 19.9 Å². The molecule has 2 N–H and O–H groups in total. The molecule has 1 aromatic carbocycles. The number of amides is 2. The van der Waals surface area contributed by atoms with Gasteiger partial charge in [0.05, 0.1) is 0 Å². The van der Waals surface area contributed by atoms with Crippen LogP contribution in [0.3, 0.4) is 0 Å². The number of aromatic hydroxyl groups is 1. The van der Waals surface area contributed by atoms with Gasteiger partial charge in [0, 0.05) is 50.1 Å². The number of halogens is 3. The fourth-order valence-electron chi connectivity index (χ4n) is 3.26. The molecule has 0 saturated heterocycles. The van der Waals surface area contributed by atoms with Crippen LogP contribution in [-0.4, -0.2) is 39.5 Å². The van der Waals surface area contributed by atoms with E-state index in [-0.39, 0.29) is 12.2 Å². The molecule has 0 saturated carbocycles. The topological polar surface area (TPSA) is 91.6 Å². The fraction of sp³-hybridized carbons (Fsp3) is 0.350. The summed E-state index contributed by atoms with van der Waals surface area (Å²) in [6.07, 6.45) is 2.78. The van der Waals surface area contributed by atoms with Crippen molar-refractivity contribution in [1.29, 1.82) is 0 Å². The van der Waals surface area contributed by atoms with Gasteiger partial charge in [-0.3, -0.25) is 14.4 Å². The lowest BCUT2D eigenvalue weighted by Gasteiger charge is -2.30. The summed E-state index contributed by atoms with van der Waals surface area (Å²) in [6.45, 7) is 2.43. The predicted molar refractivity (Wildman–Crippen MR) is 101 cm³/mol. The van der Waals surface area contributed by atoms with Crippen molar-refractivity contribution in [2.45, 2.75) is 32.9 Å². The minimum Gasteiger partial charge on any atom is -0.503 e. The van der Waals surface area contributed by atoms with E-state index in [0.717, 1.165) is 19.0 Å². The number of benzene rings is 1. The second-order valence-corrected chi connectivity index (χ2v) is 6.94. The molecule has 0 fully saturated rings. The van der Waals surface area contributed by atoms with Crippen molar-refractivity contribution >= 4 is 11.8 Å². The van der Waals surface area contributed by atoms with E-state index in [2.05, 4.69) is 5.32 Å². The molecule has 3 rings (SSSR count). The van der Waals surface area contributed by atoms with Crippen LogP contribution in [-0.2, 0) is 13.1 Å². The highest BCUT2D eigenvalue weighted by molar-refractivity contribution is 5.99. The van der Waals surface area contributed by atoms with Crippen molar-refractivity contribution in [3.63, 3.8) is 0 Å². The van der Waals surface area contributed by atoms with Crippen LogP contribution >= 0.6 is 0 Å². The lowest BCUT2D eigenvalue weighted by atomic mass is 10.1. The molecule has 2 heterocycles. The standard InChI is InChI=1S/C20H20F3N3O4/c1-2-3-4-25-5-6-26-10-13(17(27)18(28)16(26)20(25)30)19(29)24-9-12-14(22)7-11(21)8-15(12)23/h7-8,10,28H,2-6,9H2,1H3,(H,24,29). The molecule has 0 unspecified atom stereocenters. The van der Waals surface area contributed by atoms with Crippen molar-refractivity contribution < 1.29 is 27.9 Å². The maximum Gasteiger partial charge on any atom is 0.274 e. The van der Waals surface area contributed by atoms with E-state index in [9.17, 15) is 32.7 Å². The van der Waals surface area contributed by atoms with Crippen LogP contribution in [0.4, 0.5) is 13.2 Å². The summed E-state index contributed by atoms with van der Waals surface area (Å²) in [7, 11) is 0. The van der Waals surface area contributed by atoms with Crippen LogP contribution in [0.1, 0.15) is 46.2 Å². The van der Waals surface area contributed by atoms with Crippen molar-refractivity contribution in [1.82, 2.24) is 14.8 Å². The predicted octanol–water partition coefficient (Wildman–Crippen LogP) is 2.16. The zero-order valence-corrected chi connectivity index (χ0v) is 16.2. The Morgan fingerprint density at radius 1 is 1.17 bits per heavy atom. The van der Waals surface area contributed by atoms with Crippen molar-refractivity contribution in [3.8, 4) is 5.75 Å². The molecule has 2 aromatic rings. The van der Waals surface area contributed by atoms with E-state index in [1.165, 1.54) is 9.47 Å². The average Bonchev–Trinajstić information content (AvgIpc) is 2.68. The zero-order valence-electron chi connectivity index (χ0n) is 16.2. The van der Waals surface area contributed by atoms with Gasteiger partial charge in [-0.05, 0) is 6.42 Å². The number of hydrogen-bond acceptors (Lipinski definition) is 4. The number of carbonyl (C=O) groups is 2. The third-order valence-corrected chi connectivity index (χ3v) is 4.91. The summed E-state index contributed by atoms with van der Waals surface area (Å²) >= 11 is 0. The first-order valence-electron chi connectivity index (χ1n) is 9.41. The highest BCUT2D eigenvalue weighted by Gasteiger charge is 2.30.